The van der Waals surface area contributed by atoms with Crippen LogP contribution in [0.2, 0.25) is 0 Å². The van der Waals surface area contributed by atoms with E-state index < -0.39 is 0 Å². The quantitative estimate of drug-likeness (QED) is 0.728. The molecule has 14 heavy (non-hydrogen) atoms. The molecule has 1 aliphatic carbocycles. The van der Waals surface area contributed by atoms with Crippen molar-refractivity contribution in [1.29, 1.82) is 0 Å². The van der Waals surface area contributed by atoms with Gasteiger partial charge >= 0.3 is 0 Å². The predicted octanol–water partition coefficient (Wildman–Crippen LogP) is 0.314. The second kappa shape index (κ2) is 2.95. The second-order valence-corrected chi connectivity index (χ2v) is 4.34. The molecule has 0 radical (unpaired) electrons. The molecule has 1 aliphatic heterocycles. The van der Waals surface area contributed by atoms with Crippen LogP contribution < -0.4 is 10.9 Å². The number of rotatable bonds is 2. The van der Waals surface area contributed by atoms with E-state index in [1.165, 1.54) is 0 Å². The van der Waals surface area contributed by atoms with Crippen LogP contribution in [-0.4, -0.2) is 17.7 Å². The number of piperidine rings is 1. The van der Waals surface area contributed by atoms with Crippen LogP contribution in [0.3, 0.4) is 0 Å². The molecule has 2 heterocycles. The first kappa shape index (κ1) is 8.24. The SMILES string of the molecule is O=c1ccccn1CC1C2CNCC21. The zero-order valence-corrected chi connectivity index (χ0v) is 8.02. The van der Waals surface area contributed by atoms with Gasteiger partial charge in [0, 0.05) is 18.8 Å². The van der Waals surface area contributed by atoms with Gasteiger partial charge in [0.15, 0.2) is 0 Å². The Morgan fingerprint density at radius 3 is 2.86 bits per heavy atom. The second-order valence-electron chi connectivity index (χ2n) is 4.34. The molecule has 0 amide bonds. The normalized spacial score (nSPS) is 34.1. The van der Waals surface area contributed by atoms with Crippen LogP contribution in [0.4, 0.5) is 0 Å². The van der Waals surface area contributed by atoms with E-state index >= 15 is 0 Å². The smallest absolute Gasteiger partial charge is 0.250 e. The van der Waals surface area contributed by atoms with Crippen molar-refractivity contribution in [3.63, 3.8) is 0 Å². The van der Waals surface area contributed by atoms with Gasteiger partial charge < -0.3 is 9.88 Å². The van der Waals surface area contributed by atoms with Crippen LogP contribution >= 0.6 is 0 Å². The van der Waals surface area contributed by atoms with Crippen LogP contribution in [0, 0.1) is 17.8 Å². The molecule has 0 spiro atoms. The topological polar surface area (TPSA) is 34.0 Å². The van der Waals surface area contributed by atoms with Crippen molar-refractivity contribution < 1.29 is 0 Å². The first-order chi connectivity index (χ1) is 6.86. The fourth-order valence-corrected chi connectivity index (χ4v) is 2.66. The van der Waals surface area contributed by atoms with Gasteiger partial charge in [-0.15, -0.1) is 0 Å². The monoisotopic (exact) mass is 190 g/mol. The van der Waals surface area contributed by atoms with Crippen LogP contribution in [0.1, 0.15) is 0 Å². The molecule has 2 aliphatic rings. The summed E-state index contributed by atoms with van der Waals surface area (Å²) in [4.78, 5) is 11.4. The molecule has 1 aromatic rings. The summed E-state index contributed by atoms with van der Waals surface area (Å²) in [6.45, 7) is 3.21. The fourth-order valence-electron chi connectivity index (χ4n) is 2.66. The van der Waals surface area contributed by atoms with Gasteiger partial charge in [-0.25, -0.2) is 0 Å². The van der Waals surface area contributed by atoms with Gasteiger partial charge in [0.25, 0.3) is 5.56 Å². The maximum absolute atomic E-state index is 11.4. The summed E-state index contributed by atoms with van der Waals surface area (Å²) in [7, 11) is 0. The summed E-state index contributed by atoms with van der Waals surface area (Å²) in [5.41, 5.74) is 0.130. The number of fused-ring (bicyclic) bond motifs is 1. The lowest BCUT2D eigenvalue weighted by Gasteiger charge is -2.06. The number of nitrogens with zero attached hydrogens (tertiary/aromatic N) is 1. The molecule has 1 saturated heterocycles. The van der Waals surface area contributed by atoms with Crippen molar-refractivity contribution in [2.75, 3.05) is 13.1 Å². The van der Waals surface area contributed by atoms with E-state index in [2.05, 4.69) is 5.32 Å². The van der Waals surface area contributed by atoms with Gasteiger partial charge in [-0.2, -0.15) is 0 Å². The first-order valence-corrected chi connectivity index (χ1v) is 5.22. The van der Waals surface area contributed by atoms with Gasteiger partial charge in [-0.05, 0) is 36.9 Å². The number of nitrogens with one attached hydrogen (secondary N) is 1. The average molecular weight is 190 g/mol. The van der Waals surface area contributed by atoms with Crippen LogP contribution in [0.15, 0.2) is 29.2 Å². The van der Waals surface area contributed by atoms with Crippen molar-refractivity contribution >= 4 is 0 Å². The summed E-state index contributed by atoms with van der Waals surface area (Å²) >= 11 is 0. The molecule has 2 atom stereocenters. The van der Waals surface area contributed by atoms with Crippen LogP contribution in [-0.2, 0) is 6.54 Å². The van der Waals surface area contributed by atoms with Crippen LogP contribution in [0.25, 0.3) is 0 Å². The van der Waals surface area contributed by atoms with Crippen molar-refractivity contribution in [1.82, 2.24) is 9.88 Å². The Balaban J connectivity index is 1.74. The highest BCUT2D eigenvalue weighted by molar-refractivity contribution is 5.04. The highest BCUT2D eigenvalue weighted by Gasteiger charge is 2.52. The Bertz CT molecular complexity index is 388. The van der Waals surface area contributed by atoms with Crippen molar-refractivity contribution in [3.8, 4) is 0 Å². The third-order valence-corrected chi connectivity index (χ3v) is 3.58. The zero-order valence-electron chi connectivity index (χ0n) is 8.02. The minimum atomic E-state index is 0.130. The Kier molecular flexibility index (Phi) is 1.74. The van der Waals surface area contributed by atoms with Crippen molar-refractivity contribution in [2.45, 2.75) is 6.54 Å². The molecular formula is C11H14N2O. The summed E-state index contributed by atoms with van der Waals surface area (Å²) in [5, 5.41) is 3.36. The summed E-state index contributed by atoms with van der Waals surface area (Å²) in [6, 6.07) is 5.36. The molecule has 74 valence electrons. The molecule has 1 N–H and O–H groups in total. The summed E-state index contributed by atoms with van der Waals surface area (Å²) < 4.78 is 1.84. The first-order valence-electron chi connectivity index (χ1n) is 5.22. The number of pyridine rings is 1. The van der Waals surface area contributed by atoms with E-state index in [1.807, 2.05) is 16.8 Å². The Labute approximate surface area is 82.8 Å². The highest BCUT2D eigenvalue weighted by Crippen LogP contribution is 2.49. The fraction of sp³-hybridized carbons (Fsp3) is 0.545. The predicted molar refractivity (Wildman–Crippen MR) is 54.0 cm³/mol. The molecule has 0 aromatic carbocycles. The molecule has 0 bridgehead atoms. The van der Waals surface area contributed by atoms with E-state index in [0.29, 0.717) is 0 Å². The van der Waals surface area contributed by atoms with E-state index in [9.17, 15) is 4.79 Å². The van der Waals surface area contributed by atoms with Gasteiger partial charge in [-0.1, -0.05) is 6.07 Å². The minimum Gasteiger partial charge on any atom is -0.316 e. The van der Waals surface area contributed by atoms with Crippen molar-refractivity contribution in [2.24, 2.45) is 17.8 Å². The lowest BCUT2D eigenvalue weighted by Crippen LogP contribution is -2.22. The zero-order chi connectivity index (χ0) is 9.54. The third-order valence-electron chi connectivity index (χ3n) is 3.58. The lowest BCUT2D eigenvalue weighted by atomic mass is 10.3. The molecular weight excluding hydrogens is 176 g/mol. The van der Waals surface area contributed by atoms with Crippen molar-refractivity contribution in [3.05, 3.63) is 34.7 Å². The molecule has 3 nitrogen and oxygen atoms in total. The largest absolute Gasteiger partial charge is 0.316 e. The maximum atomic E-state index is 11.4. The molecule has 1 aromatic heterocycles. The van der Waals surface area contributed by atoms with Gasteiger partial charge in [0.2, 0.25) is 0 Å². The number of aromatic nitrogens is 1. The molecule has 3 heteroatoms. The Morgan fingerprint density at radius 1 is 1.36 bits per heavy atom. The number of hydrogen-bond acceptors (Lipinski definition) is 2. The maximum Gasteiger partial charge on any atom is 0.250 e. The van der Waals surface area contributed by atoms with E-state index in [0.717, 1.165) is 37.4 Å². The molecule has 1 saturated carbocycles. The number of hydrogen-bond donors (Lipinski definition) is 1. The van der Waals surface area contributed by atoms with Gasteiger partial charge in [0.1, 0.15) is 0 Å². The third kappa shape index (κ3) is 1.20. The van der Waals surface area contributed by atoms with Gasteiger partial charge in [-0.3, -0.25) is 4.79 Å². The lowest BCUT2D eigenvalue weighted by molar-refractivity contribution is 0.507. The van der Waals surface area contributed by atoms with E-state index in [-0.39, 0.29) is 5.56 Å². The Hall–Kier alpha value is -1.09. The molecule has 3 rings (SSSR count). The standard InChI is InChI=1S/C11H14N2O/c14-11-3-1-2-4-13(11)7-10-8-5-12-6-9(8)10/h1-4,8-10,12H,5-7H2. The molecule has 2 unspecified atom stereocenters. The summed E-state index contributed by atoms with van der Waals surface area (Å²) in [5.74, 6) is 2.42. The molecule has 2 fully saturated rings. The Morgan fingerprint density at radius 2 is 2.14 bits per heavy atom. The summed E-state index contributed by atoms with van der Waals surface area (Å²) in [6.07, 6.45) is 1.89. The van der Waals surface area contributed by atoms with E-state index in [1.54, 1.807) is 12.1 Å². The highest BCUT2D eigenvalue weighted by atomic mass is 16.1. The van der Waals surface area contributed by atoms with E-state index in [4.69, 9.17) is 0 Å². The average Bonchev–Trinajstić information content (AvgIpc) is 2.64. The minimum absolute atomic E-state index is 0.130. The van der Waals surface area contributed by atoms with Gasteiger partial charge in [0.05, 0.1) is 0 Å². The van der Waals surface area contributed by atoms with Crippen LogP contribution in [0.5, 0.6) is 0 Å².